The van der Waals surface area contributed by atoms with E-state index in [4.69, 9.17) is 9.72 Å². The summed E-state index contributed by atoms with van der Waals surface area (Å²) in [5, 5.41) is 3.33. The molecule has 0 saturated carbocycles. The molecule has 6 nitrogen and oxygen atoms in total. The van der Waals surface area contributed by atoms with E-state index in [-0.39, 0.29) is 6.04 Å². The second kappa shape index (κ2) is 8.03. The summed E-state index contributed by atoms with van der Waals surface area (Å²) in [6.45, 7) is 2.97. The Morgan fingerprint density at radius 3 is 2.85 bits per heavy atom. The van der Waals surface area contributed by atoms with E-state index in [1.165, 1.54) is 5.56 Å². The van der Waals surface area contributed by atoms with Crippen LogP contribution in [0.25, 0.3) is 0 Å². The number of nitrogens with zero attached hydrogens (tertiary/aromatic N) is 4. The van der Waals surface area contributed by atoms with Crippen LogP contribution in [0.3, 0.4) is 0 Å². The molecule has 3 aromatic rings. The quantitative estimate of drug-likeness (QED) is 0.765. The van der Waals surface area contributed by atoms with Crippen molar-refractivity contribution in [2.45, 2.75) is 12.6 Å². The normalized spacial score (nSPS) is 17.8. The molecule has 1 aliphatic rings. The molecule has 1 saturated heterocycles. The molecule has 1 aliphatic heterocycles. The van der Waals surface area contributed by atoms with Gasteiger partial charge in [-0.2, -0.15) is 0 Å². The number of hydrogen-bond acceptors (Lipinski definition) is 6. The summed E-state index contributed by atoms with van der Waals surface area (Å²) in [6.07, 6.45) is 5.49. The molecule has 0 radical (unpaired) electrons. The van der Waals surface area contributed by atoms with Gasteiger partial charge in [0.15, 0.2) is 0 Å². The minimum absolute atomic E-state index is 0.0291. The lowest BCUT2D eigenvalue weighted by Gasteiger charge is -2.34. The number of ether oxygens (including phenoxy) is 1. The predicted octanol–water partition coefficient (Wildman–Crippen LogP) is 3.19. The number of pyridine rings is 1. The number of anilines is 2. The second-order valence-electron chi connectivity index (χ2n) is 6.21. The van der Waals surface area contributed by atoms with Crippen LogP contribution in [0.1, 0.15) is 17.4 Å². The van der Waals surface area contributed by atoms with E-state index in [0.717, 1.165) is 37.0 Å². The number of rotatable bonds is 5. The first-order valence-electron chi connectivity index (χ1n) is 8.74. The van der Waals surface area contributed by atoms with Gasteiger partial charge >= 0.3 is 0 Å². The van der Waals surface area contributed by atoms with Crippen LogP contribution in [0.4, 0.5) is 11.5 Å². The van der Waals surface area contributed by atoms with E-state index in [0.29, 0.717) is 6.61 Å². The zero-order chi connectivity index (χ0) is 17.6. The van der Waals surface area contributed by atoms with Gasteiger partial charge in [-0.05, 0) is 29.8 Å². The molecule has 3 heterocycles. The van der Waals surface area contributed by atoms with Crippen molar-refractivity contribution in [3.63, 3.8) is 0 Å². The van der Waals surface area contributed by atoms with E-state index in [9.17, 15) is 0 Å². The second-order valence-corrected chi connectivity index (χ2v) is 6.21. The summed E-state index contributed by atoms with van der Waals surface area (Å²) in [4.78, 5) is 15.8. The minimum Gasteiger partial charge on any atom is -0.378 e. The van der Waals surface area contributed by atoms with Crippen molar-refractivity contribution in [2.24, 2.45) is 0 Å². The highest BCUT2D eigenvalue weighted by atomic mass is 16.5. The van der Waals surface area contributed by atoms with Crippen LogP contribution in [0.15, 0.2) is 67.1 Å². The van der Waals surface area contributed by atoms with Crippen LogP contribution in [0.5, 0.6) is 0 Å². The van der Waals surface area contributed by atoms with E-state index in [1.54, 1.807) is 12.4 Å². The van der Waals surface area contributed by atoms with Gasteiger partial charge in [-0.3, -0.25) is 9.88 Å². The summed E-state index contributed by atoms with van der Waals surface area (Å²) in [7, 11) is 0. The molecule has 6 heteroatoms. The molecule has 0 bridgehead atoms. The smallest absolute Gasteiger partial charge is 0.150 e. The topological polar surface area (TPSA) is 63.2 Å². The van der Waals surface area contributed by atoms with Gasteiger partial charge in [-0.25, -0.2) is 9.97 Å². The summed E-state index contributed by atoms with van der Waals surface area (Å²) < 4.78 is 5.70. The van der Waals surface area contributed by atoms with Gasteiger partial charge in [0.05, 0.1) is 19.3 Å². The molecule has 1 N–H and O–H groups in total. The minimum atomic E-state index is 0.0291. The Hall–Kier alpha value is -2.83. The van der Waals surface area contributed by atoms with Gasteiger partial charge in [0.25, 0.3) is 0 Å². The van der Waals surface area contributed by atoms with Crippen LogP contribution < -0.4 is 5.32 Å². The van der Waals surface area contributed by atoms with Gasteiger partial charge in [-0.1, -0.05) is 24.3 Å². The van der Waals surface area contributed by atoms with Crippen LogP contribution in [0, 0.1) is 0 Å². The molecule has 0 aliphatic carbocycles. The van der Waals surface area contributed by atoms with E-state index < -0.39 is 0 Å². The third-order valence-corrected chi connectivity index (χ3v) is 4.37. The third-order valence-electron chi connectivity index (χ3n) is 4.37. The van der Waals surface area contributed by atoms with Gasteiger partial charge in [-0.15, -0.1) is 0 Å². The number of para-hydroxylation sites is 1. The lowest BCUT2D eigenvalue weighted by Crippen LogP contribution is -2.39. The van der Waals surface area contributed by atoms with Gasteiger partial charge in [0, 0.05) is 37.4 Å². The first-order valence-corrected chi connectivity index (χ1v) is 8.74. The molecule has 0 amide bonds. The highest BCUT2D eigenvalue weighted by Crippen LogP contribution is 2.24. The van der Waals surface area contributed by atoms with Crippen molar-refractivity contribution in [3.05, 3.63) is 78.5 Å². The SMILES string of the molecule is c1ccc(Nc2ccnc(C3COCCN3Cc3cccnc3)n2)cc1. The van der Waals surface area contributed by atoms with Crippen molar-refractivity contribution in [2.75, 3.05) is 25.1 Å². The highest BCUT2D eigenvalue weighted by molar-refractivity contribution is 5.55. The first-order chi connectivity index (χ1) is 12.9. The van der Waals surface area contributed by atoms with E-state index in [2.05, 4.69) is 26.3 Å². The first kappa shape index (κ1) is 16.6. The van der Waals surface area contributed by atoms with Crippen LogP contribution in [-0.2, 0) is 11.3 Å². The lowest BCUT2D eigenvalue weighted by atomic mass is 10.1. The standard InChI is InChI=1S/C20H21N5O/c1-2-6-17(7-3-1)23-19-8-10-22-20(24-19)18-15-26-12-11-25(18)14-16-5-4-9-21-13-16/h1-10,13,18H,11-12,14-15H2,(H,22,23,24). The van der Waals surface area contributed by atoms with Crippen LogP contribution >= 0.6 is 0 Å². The zero-order valence-electron chi connectivity index (χ0n) is 14.5. The van der Waals surface area contributed by atoms with Crippen molar-refractivity contribution < 1.29 is 4.74 Å². The zero-order valence-corrected chi connectivity index (χ0v) is 14.5. The third kappa shape index (κ3) is 4.04. The fourth-order valence-corrected chi connectivity index (χ4v) is 3.06. The molecule has 132 valence electrons. The summed E-state index contributed by atoms with van der Waals surface area (Å²) >= 11 is 0. The Morgan fingerprint density at radius 1 is 1.08 bits per heavy atom. The predicted molar refractivity (Wildman–Crippen MR) is 100.0 cm³/mol. The Kier molecular flexibility index (Phi) is 5.14. The lowest BCUT2D eigenvalue weighted by molar-refractivity contribution is -0.0159. The van der Waals surface area contributed by atoms with Crippen molar-refractivity contribution in [1.82, 2.24) is 19.9 Å². The van der Waals surface area contributed by atoms with E-state index in [1.807, 2.05) is 48.7 Å². The number of aromatic nitrogens is 3. The Morgan fingerprint density at radius 2 is 2.00 bits per heavy atom. The maximum absolute atomic E-state index is 5.70. The van der Waals surface area contributed by atoms with Crippen molar-refractivity contribution >= 4 is 11.5 Å². The number of morpholine rings is 1. The van der Waals surface area contributed by atoms with Crippen molar-refractivity contribution in [3.8, 4) is 0 Å². The highest BCUT2D eigenvalue weighted by Gasteiger charge is 2.27. The largest absolute Gasteiger partial charge is 0.378 e. The fraction of sp³-hybridized carbons (Fsp3) is 0.250. The van der Waals surface area contributed by atoms with Gasteiger partial charge in [0.2, 0.25) is 0 Å². The van der Waals surface area contributed by atoms with Gasteiger partial charge < -0.3 is 10.1 Å². The molecule has 1 atom stereocenters. The summed E-state index contributed by atoms with van der Waals surface area (Å²) in [6, 6.07) is 16.0. The molecule has 4 rings (SSSR count). The Labute approximate surface area is 152 Å². The fourth-order valence-electron chi connectivity index (χ4n) is 3.06. The maximum atomic E-state index is 5.70. The van der Waals surface area contributed by atoms with Gasteiger partial charge in [0.1, 0.15) is 11.6 Å². The van der Waals surface area contributed by atoms with Crippen LogP contribution in [-0.4, -0.2) is 39.6 Å². The van der Waals surface area contributed by atoms with Crippen LogP contribution in [0.2, 0.25) is 0 Å². The molecular formula is C20H21N5O. The molecule has 1 fully saturated rings. The maximum Gasteiger partial charge on any atom is 0.150 e. The number of nitrogens with one attached hydrogen (secondary N) is 1. The van der Waals surface area contributed by atoms with E-state index >= 15 is 0 Å². The molecule has 26 heavy (non-hydrogen) atoms. The summed E-state index contributed by atoms with van der Waals surface area (Å²) in [5.41, 5.74) is 2.18. The van der Waals surface area contributed by atoms with Crippen molar-refractivity contribution in [1.29, 1.82) is 0 Å². The molecular weight excluding hydrogens is 326 g/mol. The number of hydrogen-bond donors (Lipinski definition) is 1. The number of benzene rings is 1. The average molecular weight is 347 g/mol. The Balaban J connectivity index is 1.53. The molecule has 0 spiro atoms. The average Bonchev–Trinajstić information content (AvgIpc) is 2.70. The Bertz CT molecular complexity index is 828. The molecule has 1 unspecified atom stereocenters. The summed E-state index contributed by atoms with van der Waals surface area (Å²) in [5.74, 6) is 1.56. The molecule has 1 aromatic carbocycles. The monoisotopic (exact) mass is 347 g/mol. The molecule has 2 aromatic heterocycles.